The topological polar surface area (TPSA) is 69.7 Å². The van der Waals surface area contributed by atoms with Gasteiger partial charge in [-0.25, -0.2) is 8.42 Å². The summed E-state index contributed by atoms with van der Waals surface area (Å²) in [5.41, 5.74) is 1.15. The zero-order valence-corrected chi connectivity index (χ0v) is 17.4. The van der Waals surface area contributed by atoms with Crippen LogP contribution in [0.25, 0.3) is 0 Å². The number of halogens is 1. The van der Waals surface area contributed by atoms with Gasteiger partial charge in [0.25, 0.3) is 0 Å². The molecular weight excluding hydrogens is 374 g/mol. The van der Waals surface area contributed by atoms with Crippen molar-refractivity contribution < 1.29 is 13.2 Å². The molecule has 1 aliphatic heterocycles. The molecular formula is C18H30ClN3O3S. The van der Waals surface area contributed by atoms with E-state index < -0.39 is 10.0 Å². The highest BCUT2D eigenvalue weighted by molar-refractivity contribution is 7.89. The first-order chi connectivity index (χ1) is 11.9. The van der Waals surface area contributed by atoms with Crippen molar-refractivity contribution in [1.82, 2.24) is 14.5 Å². The second kappa shape index (κ2) is 10.3. The van der Waals surface area contributed by atoms with Crippen molar-refractivity contribution in [2.24, 2.45) is 0 Å². The summed E-state index contributed by atoms with van der Waals surface area (Å²) >= 11 is 0. The highest BCUT2D eigenvalue weighted by Gasteiger charge is 2.29. The Morgan fingerprint density at radius 1 is 1.15 bits per heavy atom. The molecule has 1 fully saturated rings. The summed E-state index contributed by atoms with van der Waals surface area (Å²) in [7, 11) is -1.68. The summed E-state index contributed by atoms with van der Waals surface area (Å²) in [6.07, 6.45) is 1.47. The van der Waals surface area contributed by atoms with Gasteiger partial charge in [0.2, 0.25) is 15.9 Å². The number of carbonyl (C=O) groups is 1. The van der Waals surface area contributed by atoms with E-state index in [1.165, 1.54) is 4.31 Å². The van der Waals surface area contributed by atoms with Gasteiger partial charge in [0.1, 0.15) is 0 Å². The van der Waals surface area contributed by atoms with Crippen molar-refractivity contribution >= 4 is 28.3 Å². The largest absolute Gasteiger partial charge is 0.340 e. The molecule has 0 aromatic heterocycles. The van der Waals surface area contributed by atoms with Gasteiger partial charge < -0.3 is 10.2 Å². The highest BCUT2D eigenvalue weighted by Crippen LogP contribution is 2.23. The molecule has 1 heterocycles. The predicted octanol–water partition coefficient (Wildman–Crippen LogP) is 2.06. The molecule has 1 atom stereocenters. The van der Waals surface area contributed by atoms with Crippen LogP contribution in [0.5, 0.6) is 0 Å². The molecule has 1 aromatic rings. The lowest BCUT2D eigenvalue weighted by Gasteiger charge is -2.34. The maximum atomic E-state index is 12.8. The minimum absolute atomic E-state index is 0. The summed E-state index contributed by atoms with van der Waals surface area (Å²) in [5.74, 6) is 0.494. The molecule has 6 nitrogen and oxygen atoms in total. The Balaban J connectivity index is 0.00000338. The number of carbonyl (C=O) groups excluding carboxylic acids is 1. The van der Waals surface area contributed by atoms with Crippen LogP contribution < -0.4 is 5.32 Å². The van der Waals surface area contributed by atoms with Crippen LogP contribution in [0.2, 0.25) is 0 Å². The fourth-order valence-corrected chi connectivity index (χ4v) is 4.34. The fraction of sp³-hybridized carbons (Fsp3) is 0.611. The molecule has 0 spiro atoms. The highest BCUT2D eigenvalue weighted by atomic mass is 35.5. The van der Waals surface area contributed by atoms with Gasteiger partial charge in [0.05, 0.1) is 4.90 Å². The minimum atomic E-state index is -3.49. The van der Waals surface area contributed by atoms with Crippen molar-refractivity contribution in [2.75, 3.05) is 39.8 Å². The maximum Gasteiger partial charge on any atom is 0.243 e. The van der Waals surface area contributed by atoms with Crippen LogP contribution in [0.1, 0.15) is 38.2 Å². The van der Waals surface area contributed by atoms with E-state index in [2.05, 4.69) is 19.2 Å². The first kappa shape index (κ1) is 22.9. The van der Waals surface area contributed by atoms with Crippen molar-refractivity contribution in [1.29, 1.82) is 0 Å². The molecule has 1 saturated heterocycles. The van der Waals surface area contributed by atoms with Gasteiger partial charge in [-0.05, 0) is 37.1 Å². The van der Waals surface area contributed by atoms with Gasteiger partial charge in [-0.2, -0.15) is 4.31 Å². The van der Waals surface area contributed by atoms with Gasteiger partial charge in [-0.3, -0.25) is 4.79 Å². The number of nitrogens with one attached hydrogen (secondary N) is 1. The van der Waals surface area contributed by atoms with Crippen molar-refractivity contribution in [3.63, 3.8) is 0 Å². The van der Waals surface area contributed by atoms with Gasteiger partial charge in [0.15, 0.2) is 0 Å². The van der Waals surface area contributed by atoms with Gasteiger partial charge in [-0.15, -0.1) is 12.4 Å². The number of amides is 1. The van der Waals surface area contributed by atoms with E-state index >= 15 is 0 Å². The quantitative estimate of drug-likeness (QED) is 0.756. The summed E-state index contributed by atoms with van der Waals surface area (Å²) < 4.78 is 27.1. The average molecular weight is 404 g/mol. The van der Waals surface area contributed by atoms with E-state index in [4.69, 9.17) is 0 Å². The average Bonchev–Trinajstić information content (AvgIpc) is 2.65. The van der Waals surface area contributed by atoms with E-state index in [0.717, 1.165) is 12.0 Å². The van der Waals surface area contributed by atoms with E-state index in [-0.39, 0.29) is 18.3 Å². The monoisotopic (exact) mass is 403 g/mol. The fourth-order valence-electron chi connectivity index (χ4n) is 2.92. The predicted molar refractivity (Wildman–Crippen MR) is 106 cm³/mol. The Labute approximate surface area is 163 Å². The number of nitrogens with zero attached hydrogens (tertiary/aromatic N) is 2. The first-order valence-electron chi connectivity index (χ1n) is 8.92. The van der Waals surface area contributed by atoms with Crippen LogP contribution in [0.4, 0.5) is 0 Å². The second-order valence-corrected chi connectivity index (χ2v) is 8.45. The van der Waals surface area contributed by atoms with Gasteiger partial charge in [0, 0.05) is 39.1 Å². The number of piperazine rings is 1. The zero-order valence-electron chi connectivity index (χ0n) is 15.8. The number of rotatable bonds is 7. The maximum absolute atomic E-state index is 12.8. The molecule has 1 aromatic carbocycles. The molecule has 1 amide bonds. The lowest BCUT2D eigenvalue weighted by Crippen LogP contribution is -2.50. The minimum Gasteiger partial charge on any atom is -0.340 e. The van der Waals surface area contributed by atoms with E-state index in [0.29, 0.717) is 50.0 Å². The first-order valence-corrected chi connectivity index (χ1v) is 10.4. The van der Waals surface area contributed by atoms with Gasteiger partial charge >= 0.3 is 0 Å². The Kier molecular flexibility index (Phi) is 9.03. The molecule has 0 bridgehead atoms. The number of hydrogen-bond donors (Lipinski definition) is 1. The third-order valence-electron chi connectivity index (χ3n) is 4.88. The lowest BCUT2D eigenvalue weighted by atomic mass is 9.99. The van der Waals surface area contributed by atoms with E-state index in [1.54, 1.807) is 17.0 Å². The summed E-state index contributed by atoms with van der Waals surface area (Å²) in [6, 6.07) is 7.19. The molecule has 2 rings (SSSR count). The molecule has 0 saturated carbocycles. The Morgan fingerprint density at radius 3 is 2.23 bits per heavy atom. The molecule has 26 heavy (non-hydrogen) atoms. The zero-order chi connectivity index (χ0) is 18.4. The molecule has 0 aliphatic carbocycles. The Morgan fingerprint density at radius 2 is 1.73 bits per heavy atom. The normalized spacial score (nSPS) is 16.8. The third kappa shape index (κ3) is 5.42. The SMILES string of the molecule is CCC(C)c1ccc(S(=O)(=O)N2CCN(C(=O)CCNC)CC2)cc1.Cl. The van der Waals surface area contributed by atoms with Crippen LogP contribution in [-0.4, -0.2) is 63.3 Å². The standard InChI is InChI=1S/C18H29N3O3S.ClH/c1-4-15(2)16-5-7-17(8-6-16)25(23,24)21-13-11-20(12-14-21)18(22)9-10-19-3;/h5-8,15,19H,4,9-14H2,1-3H3;1H. The Hall–Kier alpha value is -1.15. The molecule has 8 heteroatoms. The molecule has 148 valence electrons. The van der Waals surface area contributed by atoms with Crippen molar-refractivity contribution in [3.8, 4) is 0 Å². The van der Waals surface area contributed by atoms with Crippen LogP contribution in [0, 0.1) is 0 Å². The van der Waals surface area contributed by atoms with Crippen LogP contribution >= 0.6 is 12.4 Å². The molecule has 1 N–H and O–H groups in total. The number of hydrogen-bond acceptors (Lipinski definition) is 4. The summed E-state index contributed by atoms with van der Waals surface area (Å²) in [6.45, 7) is 6.49. The van der Waals surface area contributed by atoms with Crippen molar-refractivity contribution in [3.05, 3.63) is 29.8 Å². The number of sulfonamides is 1. The lowest BCUT2D eigenvalue weighted by molar-refractivity contribution is -0.132. The Bertz CT molecular complexity index is 671. The summed E-state index contributed by atoms with van der Waals surface area (Å²) in [4.78, 5) is 14.1. The van der Waals surface area contributed by atoms with Crippen molar-refractivity contribution in [2.45, 2.75) is 37.5 Å². The molecule has 1 unspecified atom stereocenters. The molecule has 1 aliphatic rings. The van der Waals surface area contributed by atoms with E-state index in [1.807, 2.05) is 19.2 Å². The van der Waals surface area contributed by atoms with Gasteiger partial charge in [-0.1, -0.05) is 26.0 Å². The van der Waals surface area contributed by atoms with Crippen LogP contribution in [-0.2, 0) is 14.8 Å². The van der Waals surface area contributed by atoms with Crippen LogP contribution in [0.3, 0.4) is 0 Å². The summed E-state index contributed by atoms with van der Waals surface area (Å²) in [5, 5.41) is 2.95. The molecule has 0 radical (unpaired) electrons. The second-order valence-electron chi connectivity index (χ2n) is 6.52. The number of benzene rings is 1. The smallest absolute Gasteiger partial charge is 0.243 e. The third-order valence-corrected chi connectivity index (χ3v) is 6.79. The van der Waals surface area contributed by atoms with E-state index in [9.17, 15) is 13.2 Å². The van der Waals surface area contributed by atoms with Crippen LogP contribution in [0.15, 0.2) is 29.2 Å².